The fraction of sp³-hybridized carbons (Fsp3) is 0.450. The summed E-state index contributed by atoms with van der Waals surface area (Å²) >= 11 is 0. The van der Waals surface area contributed by atoms with Crippen molar-refractivity contribution in [2.45, 2.75) is 50.6 Å². The van der Waals surface area contributed by atoms with E-state index in [1.165, 1.54) is 24.8 Å². The Morgan fingerprint density at radius 3 is 2.73 bits per heavy atom. The van der Waals surface area contributed by atoms with Gasteiger partial charge in [0.05, 0.1) is 6.04 Å². The van der Waals surface area contributed by atoms with Crippen molar-refractivity contribution in [1.29, 1.82) is 0 Å². The number of amides is 1. The highest BCUT2D eigenvalue weighted by Gasteiger charge is 2.35. The summed E-state index contributed by atoms with van der Waals surface area (Å²) in [5, 5.41) is 3.42. The second kappa shape index (κ2) is 7.72. The number of aromatic nitrogens is 2. The quantitative estimate of drug-likeness (QED) is 0.887. The predicted molar refractivity (Wildman–Crippen MR) is 100 cm³/mol. The van der Waals surface area contributed by atoms with E-state index in [2.05, 4.69) is 27.4 Å². The first-order valence-corrected chi connectivity index (χ1v) is 9.39. The maximum atomic E-state index is 12.3. The van der Waals surface area contributed by atoms with Gasteiger partial charge in [-0.1, -0.05) is 49.6 Å². The van der Waals surface area contributed by atoms with Crippen LogP contribution in [0.2, 0.25) is 0 Å². The number of ether oxygens (including phenoxy) is 1. The lowest BCUT2D eigenvalue weighted by Crippen LogP contribution is -2.36. The van der Waals surface area contributed by atoms with Crippen molar-refractivity contribution in [3.8, 4) is 0 Å². The van der Waals surface area contributed by atoms with Crippen LogP contribution in [0.25, 0.3) is 0 Å². The second-order valence-corrected chi connectivity index (χ2v) is 7.01. The largest absolute Gasteiger partial charge is 0.447 e. The summed E-state index contributed by atoms with van der Waals surface area (Å²) < 4.78 is 5.30. The fourth-order valence-corrected chi connectivity index (χ4v) is 3.76. The number of carbonyl (C=O) groups is 1. The number of anilines is 2. The monoisotopic (exact) mass is 352 g/mol. The lowest BCUT2D eigenvalue weighted by atomic mass is 9.96. The molecule has 1 atom stereocenters. The van der Waals surface area contributed by atoms with Gasteiger partial charge in [-0.2, -0.15) is 4.98 Å². The molecule has 2 fully saturated rings. The number of carbonyl (C=O) groups excluding carboxylic acids is 1. The Bertz CT molecular complexity index is 746. The van der Waals surface area contributed by atoms with Crippen LogP contribution in [-0.2, 0) is 11.2 Å². The number of nitrogens with one attached hydrogen (secondary N) is 1. The maximum absolute atomic E-state index is 12.3. The molecule has 0 unspecified atom stereocenters. The van der Waals surface area contributed by atoms with Crippen molar-refractivity contribution in [3.63, 3.8) is 0 Å². The molecule has 0 spiro atoms. The van der Waals surface area contributed by atoms with Gasteiger partial charge in [-0.3, -0.25) is 4.90 Å². The SMILES string of the molecule is O=C1OC[C@@H](Cc2ccccc2)N1c1ccnc(NC2CCCCC2)n1. The van der Waals surface area contributed by atoms with Crippen LogP contribution in [0.5, 0.6) is 0 Å². The van der Waals surface area contributed by atoms with Crippen LogP contribution in [0.4, 0.5) is 16.6 Å². The molecule has 26 heavy (non-hydrogen) atoms. The van der Waals surface area contributed by atoms with Gasteiger partial charge >= 0.3 is 6.09 Å². The van der Waals surface area contributed by atoms with E-state index in [9.17, 15) is 4.79 Å². The van der Waals surface area contributed by atoms with Crippen molar-refractivity contribution in [2.24, 2.45) is 0 Å². The zero-order chi connectivity index (χ0) is 17.8. The summed E-state index contributed by atoms with van der Waals surface area (Å²) in [4.78, 5) is 22.9. The van der Waals surface area contributed by atoms with Crippen LogP contribution in [0.1, 0.15) is 37.7 Å². The summed E-state index contributed by atoms with van der Waals surface area (Å²) in [5.41, 5.74) is 1.18. The highest BCUT2D eigenvalue weighted by Crippen LogP contribution is 2.25. The van der Waals surface area contributed by atoms with Gasteiger partial charge in [0.2, 0.25) is 5.95 Å². The molecular formula is C20H24N4O2. The number of benzene rings is 1. The Labute approximate surface area is 153 Å². The van der Waals surface area contributed by atoms with Gasteiger partial charge in [0, 0.05) is 12.2 Å². The second-order valence-electron chi connectivity index (χ2n) is 7.01. The Hall–Kier alpha value is -2.63. The third-order valence-corrected chi connectivity index (χ3v) is 5.10. The van der Waals surface area contributed by atoms with Crippen LogP contribution in [-0.4, -0.2) is 34.8 Å². The minimum absolute atomic E-state index is 0.0534. The molecule has 1 aliphatic heterocycles. The molecule has 136 valence electrons. The smallest absolute Gasteiger partial charge is 0.415 e. The van der Waals surface area contributed by atoms with E-state index < -0.39 is 0 Å². The molecule has 2 heterocycles. The van der Waals surface area contributed by atoms with Gasteiger partial charge in [-0.05, 0) is 30.9 Å². The number of cyclic esters (lactones) is 1. The number of rotatable bonds is 5. The van der Waals surface area contributed by atoms with Gasteiger partial charge in [0.1, 0.15) is 12.4 Å². The first-order chi connectivity index (χ1) is 12.8. The molecular weight excluding hydrogens is 328 g/mol. The van der Waals surface area contributed by atoms with E-state index in [0.717, 1.165) is 19.3 Å². The summed E-state index contributed by atoms with van der Waals surface area (Å²) in [6.45, 7) is 0.378. The lowest BCUT2D eigenvalue weighted by molar-refractivity contribution is 0.178. The third kappa shape index (κ3) is 3.79. The van der Waals surface area contributed by atoms with E-state index in [1.807, 2.05) is 18.2 Å². The molecule has 6 heteroatoms. The molecule has 1 N–H and O–H groups in total. The molecule has 1 aromatic carbocycles. The van der Waals surface area contributed by atoms with Crippen LogP contribution in [0.15, 0.2) is 42.6 Å². The molecule has 6 nitrogen and oxygen atoms in total. The third-order valence-electron chi connectivity index (χ3n) is 5.10. The minimum Gasteiger partial charge on any atom is -0.447 e. The zero-order valence-electron chi connectivity index (χ0n) is 14.8. The Morgan fingerprint density at radius 2 is 1.92 bits per heavy atom. The van der Waals surface area contributed by atoms with E-state index in [1.54, 1.807) is 17.2 Å². The fourth-order valence-electron chi connectivity index (χ4n) is 3.76. The highest BCUT2D eigenvalue weighted by molar-refractivity contribution is 5.89. The number of nitrogens with zero attached hydrogens (tertiary/aromatic N) is 3. The van der Waals surface area contributed by atoms with E-state index >= 15 is 0 Å². The normalized spacial score (nSPS) is 20.8. The summed E-state index contributed by atoms with van der Waals surface area (Å²) in [7, 11) is 0. The van der Waals surface area contributed by atoms with Crippen molar-refractivity contribution in [2.75, 3.05) is 16.8 Å². The van der Waals surface area contributed by atoms with Gasteiger partial charge in [-0.15, -0.1) is 0 Å². The zero-order valence-corrected chi connectivity index (χ0v) is 14.8. The molecule has 1 amide bonds. The average molecular weight is 352 g/mol. The Kier molecular flexibility index (Phi) is 5.00. The molecule has 0 radical (unpaired) electrons. The topological polar surface area (TPSA) is 67.3 Å². The summed E-state index contributed by atoms with van der Waals surface area (Å²) in [6, 6.07) is 12.3. The van der Waals surface area contributed by atoms with Crippen LogP contribution >= 0.6 is 0 Å². The van der Waals surface area contributed by atoms with Crippen molar-refractivity contribution in [1.82, 2.24) is 9.97 Å². The maximum Gasteiger partial charge on any atom is 0.415 e. The molecule has 1 saturated heterocycles. The van der Waals surface area contributed by atoms with Crippen LogP contribution in [0, 0.1) is 0 Å². The van der Waals surface area contributed by atoms with Crippen molar-refractivity contribution >= 4 is 17.9 Å². The van der Waals surface area contributed by atoms with Crippen LogP contribution < -0.4 is 10.2 Å². The molecule has 2 aliphatic rings. The summed E-state index contributed by atoms with van der Waals surface area (Å²) in [5.74, 6) is 1.19. The average Bonchev–Trinajstić information content (AvgIpc) is 3.04. The molecule has 1 aromatic heterocycles. The van der Waals surface area contributed by atoms with Crippen molar-refractivity contribution in [3.05, 3.63) is 48.2 Å². The first-order valence-electron chi connectivity index (χ1n) is 9.39. The molecule has 1 saturated carbocycles. The molecule has 0 bridgehead atoms. The predicted octanol–water partition coefficient (Wildman–Crippen LogP) is 3.79. The van der Waals surface area contributed by atoms with Crippen molar-refractivity contribution < 1.29 is 9.53 Å². The molecule has 4 rings (SSSR count). The number of hydrogen-bond acceptors (Lipinski definition) is 5. The van der Waals surface area contributed by atoms with Crippen LogP contribution in [0.3, 0.4) is 0 Å². The van der Waals surface area contributed by atoms with Gasteiger partial charge < -0.3 is 10.1 Å². The van der Waals surface area contributed by atoms with E-state index in [-0.39, 0.29) is 12.1 Å². The van der Waals surface area contributed by atoms with Gasteiger partial charge in [0.15, 0.2) is 0 Å². The molecule has 1 aliphatic carbocycles. The van der Waals surface area contributed by atoms with Gasteiger partial charge in [-0.25, -0.2) is 9.78 Å². The van der Waals surface area contributed by atoms with E-state index in [4.69, 9.17) is 4.74 Å². The van der Waals surface area contributed by atoms with Gasteiger partial charge in [0.25, 0.3) is 0 Å². The minimum atomic E-state index is -0.340. The Morgan fingerprint density at radius 1 is 1.12 bits per heavy atom. The van der Waals surface area contributed by atoms with E-state index in [0.29, 0.717) is 24.4 Å². The number of hydrogen-bond donors (Lipinski definition) is 1. The standard InChI is InChI=1S/C20H24N4O2/c25-20-24(17(14-26-20)13-15-7-3-1-4-8-15)18-11-12-21-19(23-18)22-16-9-5-2-6-10-16/h1,3-4,7-8,11-12,16-17H,2,5-6,9-10,13-14H2,(H,21,22,23)/t17-/m1/s1. The highest BCUT2D eigenvalue weighted by atomic mass is 16.6. The first kappa shape index (κ1) is 16.8. The lowest BCUT2D eigenvalue weighted by Gasteiger charge is -2.24. The summed E-state index contributed by atoms with van der Waals surface area (Å²) in [6.07, 6.45) is 8.20. The Balaban J connectivity index is 1.50. The molecule has 2 aromatic rings.